The van der Waals surface area contributed by atoms with Crippen LogP contribution in [0.5, 0.6) is 5.75 Å². The van der Waals surface area contributed by atoms with Gasteiger partial charge in [-0.15, -0.1) is 13.2 Å². The van der Waals surface area contributed by atoms with Crippen molar-refractivity contribution in [1.29, 1.82) is 0 Å². The zero-order chi connectivity index (χ0) is 13.8. The molecule has 1 aromatic carbocycles. The van der Waals surface area contributed by atoms with Gasteiger partial charge in [-0.25, -0.2) is 4.79 Å². The molecule has 96 valence electrons. The highest BCUT2D eigenvalue weighted by Gasteiger charge is 2.33. The summed E-state index contributed by atoms with van der Waals surface area (Å²) in [6, 6.07) is 3.01. The molecule has 1 rings (SSSR count). The minimum absolute atomic E-state index is 0.105. The third-order valence-corrected chi connectivity index (χ3v) is 1.75. The van der Waals surface area contributed by atoms with E-state index in [-0.39, 0.29) is 5.56 Å². The molecule has 0 amide bonds. The van der Waals surface area contributed by atoms with Crippen molar-refractivity contribution in [2.75, 3.05) is 6.61 Å². The van der Waals surface area contributed by atoms with Crippen LogP contribution in [0.15, 0.2) is 18.2 Å². The fourth-order valence-corrected chi connectivity index (χ4v) is 1.13. The number of aromatic carboxylic acids is 1. The molecule has 0 bridgehead atoms. The number of aliphatic hydroxyl groups excluding tert-OH is 1. The largest absolute Gasteiger partial charge is 0.573 e. The van der Waals surface area contributed by atoms with Gasteiger partial charge in [-0.3, -0.25) is 0 Å². The molecule has 18 heavy (non-hydrogen) atoms. The Bertz CT molecular complexity index is 511. The van der Waals surface area contributed by atoms with Crippen molar-refractivity contribution >= 4 is 5.97 Å². The molecule has 0 aliphatic heterocycles. The minimum atomic E-state index is -4.99. The Kier molecular flexibility index (Phi) is 4.18. The van der Waals surface area contributed by atoms with Gasteiger partial charge in [0, 0.05) is 5.56 Å². The molecular formula is C11H7F3O4. The molecule has 0 saturated carbocycles. The predicted octanol–water partition coefficient (Wildman–Crippen LogP) is 1.63. The van der Waals surface area contributed by atoms with Gasteiger partial charge in [0.15, 0.2) is 0 Å². The van der Waals surface area contributed by atoms with Gasteiger partial charge in [0.05, 0.1) is 0 Å². The van der Waals surface area contributed by atoms with E-state index in [1.54, 1.807) is 0 Å². The Morgan fingerprint density at radius 2 is 2.06 bits per heavy atom. The number of aliphatic hydroxyl groups is 1. The molecule has 0 aliphatic rings. The van der Waals surface area contributed by atoms with Crippen LogP contribution in [0.3, 0.4) is 0 Å². The Labute approximate surface area is 99.6 Å². The smallest absolute Gasteiger partial charge is 0.478 e. The van der Waals surface area contributed by atoms with Gasteiger partial charge < -0.3 is 14.9 Å². The molecule has 2 N–H and O–H groups in total. The van der Waals surface area contributed by atoms with E-state index in [9.17, 15) is 18.0 Å². The lowest BCUT2D eigenvalue weighted by Gasteiger charge is -2.11. The number of rotatable bonds is 2. The maximum atomic E-state index is 12.1. The highest BCUT2D eigenvalue weighted by molar-refractivity contribution is 5.91. The summed E-state index contributed by atoms with van der Waals surface area (Å²) < 4.78 is 39.8. The first kappa shape index (κ1) is 13.9. The summed E-state index contributed by atoms with van der Waals surface area (Å²) in [6.45, 7) is -0.462. The van der Waals surface area contributed by atoms with E-state index in [1.807, 2.05) is 0 Å². The predicted molar refractivity (Wildman–Crippen MR) is 54.0 cm³/mol. The van der Waals surface area contributed by atoms with Crippen molar-refractivity contribution in [3.05, 3.63) is 29.3 Å². The number of carboxylic acid groups (broad SMARTS) is 1. The molecule has 0 saturated heterocycles. The monoisotopic (exact) mass is 260 g/mol. The zero-order valence-electron chi connectivity index (χ0n) is 8.78. The number of benzene rings is 1. The molecule has 0 aromatic heterocycles. The van der Waals surface area contributed by atoms with E-state index in [0.29, 0.717) is 0 Å². The lowest BCUT2D eigenvalue weighted by Crippen LogP contribution is -2.19. The highest BCUT2D eigenvalue weighted by Crippen LogP contribution is 2.27. The van der Waals surface area contributed by atoms with Crippen molar-refractivity contribution in [3.8, 4) is 17.6 Å². The van der Waals surface area contributed by atoms with Crippen molar-refractivity contribution < 1.29 is 32.9 Å². The molecule has 0 unspecified atom stereocenters. The maximum absolute atomic E-state index is 12.1. The summed E-state index contributed by atoms with van der Waals surface area (Å²) >= 11 is 0. The number of hydrogen-bond acceptors (Lipinski definition) is 3. The van der Waals surface area contributed by atoms with Crippen LogP contribution in [0.2, 0.25) is 0 Å². The second-order valence-electron chi connectivity index (χ2n) is 3.02. The van der Waals surface area contributed by atoms with E-state index in [4.69, 9.17) is 10.2 Å². The molecule has 0 fully saturated rings. The first-order valence-corrected chi connectivity index (χ1v) is 4.56. The molecule has 0 atom stereocenters. The summed E-state index contributed by atoms with van der Waals surface area (Å²) in [5, 5.41) is 17.2. The van der Waals surface area contributed by atoms with Crippen LogP contribution in [0, 0.1) is 11.8 Å². The fraction of sp³-hybridized carbons (Fsp3) is 0.182. The molecule has 0 spiro atoms. The Balaban J connectivity index is 3.20. The first-order valence-electron chi connectivity index (χ1n) is 4.56. The average molecular weight is 260 g/mol. The third kappa shape index (κ3) is 3.99. The topological polar surface area (TPSA) is 66.8 Å². The van der Waals surface area contributed by atoms with Crippen LogP contribution in [-0.4, -0.2) is 29.2 Å². The van der Waals surface area contributed by atoms with E-state index >= 15 is 0 Å². The number of ether oxygens (including phenoxy) is 1. The molecule has 0 radical (unpaired) electrons. The number of halogens is 3. The summed E-state index contributed by atoms with van der Waals surface area (Å²) in [5.74, 6) is 2.18. The van der Waals surface area contributed by atoms with Gasteiger partial charge >= 0.3 is 12.3 Å². The quantitative estimate of drug-likeness (QED) is 0.793. The van der Waals surface area contributed by atoms with E-state index in [2.05, 4.69) is 16.6 Å². The number of alkyl halides is 3. The SMILES string of the molecule is O=C(O)c1ccc(C#CCO)cc1OC(F)(F)F. The van der Waals surface area contributed by atoms with Gasteiger partial charge in [0.2, 0.25) is 0 Å². The third-order valence-electron chi connectivity index (χ3n) is 1.75. The second-order valence-corrected chi connectivity index (χ2v) is 3.02. The number of carboxylic acids is 1. The van der Waals surface area contributed by atoms with Crippen LogP contribution in [-0.2, 0) is 0 Å². The average Bonchev–Trinajstić information content (AvgIpc) is 2.23. The van der Waals surface area contributed by atoms with Crippen LogP contribution < -0.4 is 4.74 Å². The zero-order valence-corrected chi connectivity index (χ0v) is 8.78. The maximum Gasteiger partial charge on any atom is 0.573 e. The Morgan fingerprint density at radius 3 is 2.56 bits per heavy atom. The molecule has 0 aliphatic carbocycles. The summed E-state index contributed by atoms with van der Waals surface area (Å²) in [5.41, 5.74) is -0.518. The normalized spacial score (nSPS) is 10.4. The van der Waals surface area contributed by atoms with Gasteiger partial charge in [0.25, 0.3) is 0 Å². The van der Waals surface area contributed by atoms with Crippen molar-refractivity contribution in [2.24, 2.45) is 0 Å². The van der Waals surface area contributed by atoms with Crippen molar-refractivity contribution in [1.82, 2.24) is 0 Å². The lowest BCUT2D eigenvalue weighted by atomic mass is 10.1. The van der Waals surface area contributed by atoms with E-state index in [1.165, 1.54) is 6.07 Å². The van der Waals surface area contributed by atoms with E-state index in [0.717, 1.165) is 12.1 Å². The van der Waals surface area contributed by atoms with E-state index < -0.39 is 30.3 Å². The molecule has 7 heteroatoms. The van der Waals surface area contributed by atoms with Crippen molar-refractivity contribution in [2.45, 2.75) is 6.36 Å². The first-order chi connectivity index (χ1) is 8.33. The van der Waals surface area contributed by atoms with Gasteiger partial charge in [-0.05, 0) is 18.2 Å². The van der Waals surface area contributed by atoms with Gasteiger partial charge in [0.1, 0.15) is 17.9 Å². The van der Waals surface area contributed by atoms with Crippen LogP contribution in [0.4, 0.5) is 13.2 Å². The van der Waals surface area contributed by atoms with Gasteiger partial charge in [-0.1, -0.05) is 11.8 Å². The summed E-state index contributed by atoms with van der Waals surface area (Å²) in [7, 11) is 0. The number of hydrogen-bond donors (Lipinski definition) is 2. The molecule has 1 aromatic rings. The van der Waals surface area contributed by atoms with Crippen LogP contribution >= 0.6 is 0 Å². The van der Waals surface area contributed by atoms with Crippen LogP contribution in [0.1, 0.15) is 15.9 Å². The Hall–Kier alpha value is -2.20. The molecule has 4 nitrogen and oxygen atoms in total. The highest BCUT2D eigenvalue weighted by atomic mass is 19.4. The minimum Gasteiger partial charge on any atom is -0.478 e. The van der Waals surface area contributed by atoms with Gasteiger partial charge in [-0.2, -0.15) is 0 Å². The lowest BCUT2D eigenvalue weighted by molar-refractivity contribution is -0.274. The van der Waals surface area contributed by atoms with Crippen molar-refractivity contribution in [3.63, 3.8) is 0 Å². The van der Waals surface area contributed by atoms with Crippen LogP contribution in [0.25, 0.3) is 0 Å². The Morgan fingerprint density at radius 1 is 1.39 bits per heavy atom. The number of carbonyl (C=O) groups is 1. The second kappa shape index (κ2) is 5.42. The summed E-state index contributed by atoms with van der Waals surface area (Å²) in [4.78, 5) is 10.7. The standard InChI is InChI=1S/C11H7F3O4/c12-11(13,14)18-9-6-7(2-1-5-15)3-4-8(9)10(16)17/h3-4,6,15H,5H2,(H,16,17). The molecule has 0 heterocycles. The molecular weight excluding hydrogens is 253 g/mol. The summed E-state index contributed by atoms with van der Waals surface area (Å²) in [6.07, 6.45) is -4.99. The fourth-order valence-electron chi connectivity index (χ4n) is 1.13.